The number of hydrogen-bond acceptors (Lipinski definition) is 3. The summed E-state index contributed by atoms with van der Waals surface area (Å²) in [5.41, 5.74) is 8.91. The summed E-state index contributed by atoms with van der Waals surface area (Å²) in [7, 11) is 0. The molecular formula is C16H19N3O. The second-order valence-electron chi connectivity index (χ2n) is 4.53. The topological polar surface area (TPSA) is 70.6 Å². The van der Waals surface area contributed by atoms with Crippen molar-refractivity contribution in [1.82, 2.24) is 0 Å². The number of para-hydroxylation sites is 1. The van der Waals surface area contributed by atoms with Crippen molar-refractivity contribution in [2.24, 2.45) is 10.9 Å². The monoisotopic (exact) mass is 269 g/mol. The first-order chi connectivity index (χ1) is 9.81. The third-order valence-electron chi connectivity index (χ3n) is 3.07. The predicted octanol–water partition coefficient (Wildman–Crippen LogP) is 3.29. The molecule has 104 valence electrons. The van der Waals surface area contributed by atoms with Crippen molar-refractivity contribution in [2.75, 3.05) is 11.9 Å². The minimum Gasteiger partial charge on any atom is -0.409 e. The van der Waals surface area contributed by atoms with Crippen LogP contribution in [-0.4, -0.2) is 17.6 Å². The van der Waals surface area contributed by atoms with Crippen LogP contribution in [0.15, 0.2) is 59.8 Å². The van der Waals surface area contributed by atoms with E-state index in [1.807, 2.05) is 30.3 Å². The minimum atomic E-state index is 0.267. The zero-order valence-electron chi connectivity index (χ0n) is 11.3. The van der Waals surface area contributed by atoms with E-state index in [1.165, 1.54) is 11.1 Å². The molecule has 0 atom stereocenters. The van der Waals surface area contributed by atoms with Crippen molar-refractivity contribution in [1.29, 1.82) is 0 Å². The van der Waals surface area contributed by atoms with Crippen LogP contribution in [-0.2, 0) is 0 Å². The van der Waals surface area contributed by atoms with Gasteiger partial charge in [0.1, 0.15) is 5.84 Å². The van der Waals surface area contributed by atoms with Crippen molar-refractivity contribution in [3.8, 4) is 11.1 Å². The Morgan fingerprint density at radius 2 is 1.75 bits per heavy atom. The van der Waals surface area contributed by atoms with E-state index >= 15 is 0 Å². The maximum Gasteiger partial charge on any atom is 0.139 e. The summed E-state index contributed by atoms with van der Waals surface area (Å²) in [6.45, 7) is 0.778. The van der Waals surface area contributed by atoms with E-state index in [9.17, 15) is 0 Å². The standard InChI is InChI=1S/C16H19N3O/c17-16(19-20)11-6-12-18-15-10-5-4-9-14(15)13-7-2-1-3-8-13/h1-5,7-10,18,20H,6,11-12H2,(H2,17,19). The fourth-order valence-electron chi connectivity index (χ4n) is 2.05. The molecule has 2 aromatic carbocycles. The van der Waals surface area contributed by atoms with Crippen LogP contribution in [0.2, 0.25) is 0 Å². The first-order valence-corrected chi connectivity index (χ1v) is 6.66. The third kappa shape index (κ3) is 3.75. The van der Waals surface area contributed by atoms with Gasteiger partial charge in [-0.05, 0) is 18.1 Å². The van der Waals surface area contributed by atoms with Crippen LogP contribution in [0.4, 0.5) is 5.69 Å². The summed E-state index contributed by atoms with van der Waals surface area (Å²) in [6, 6.07) is 18.5. The molecule has 0 aliphatic rings. The van der Waals surface area contributed by atoms with Crippen LogP contribution in [0.25, 0.3) is 11.1 Å². The molecule has 0 saturated heterocycles. The first-order valence-electron chi connectivity index (χ1n) is 6.66. The molecule has 0 saturated carbocycles. The molecule has 20 heavy (non-hydrogen) atoms. The molecule has 0 heterocycles. The summed E-state index contributed by atoms with van der Waals surface area (Å²) in [5, 5.41) is 14.9. The molecule has 2 rings (SSSR count). The Hall–Kier alpha value is -2.49. The lowest BCUT2D eigenvalue weighted by molar-refractivity contribution is 0.316. The van der Waals surface area contributed by atoms with E-state index in [0.717, 1.165) is 18.7 Å². The van der Waals surface area contributed by atoms with E-state index < -0.39 is 0 Å². The Labute approximate surface area is 118 Å². The Morgan fingerprint density at radius 1 is 1.05 bits per heavy atom. The van der Waals surface area contributed by atoms with E-state index in [-0.39, 0.29) is 5.84 Å². The van der Waals surface area contributed by atoms with Crippen LogP contribution in [0.5, 0.6) is 0 Å². The van der Waals surface area contributed by atoms with Crippen molar-refractivity contribution >= 4 is 11.5 Å². The number of nitrogens with two attached hydrogens (primary N) is 1. The lowest BCUT2D eigenvalue weighted by atomic mass is 10.0. The maximum atomic E-state index is 8.49. The first kappa shape index (κ1) is 13.9. The molecule has 0 spiro atoms. The average molecular weight is 269 g/mol. The van der Waals surface area contributed by atoms with Crippen molar-refractivity contribution in [3.05, 3.63) is 54.6 Å². The van der Waals surface area contributed by atoms with Gasteiger partial charge >= 0.3 is 0 Å². The van der Waals surface area contributed by atoms with Crippen LogP contribution in [0, 0.1) is 0 Å². The molecule has 2 aromatic rings. The molecule has 0 aromatic heterocycles. The summed E-state index contributed by atoms with van der Waals surface area (Å²) in [6.07, 6.45) is 1.40. The molecule has 4 nitrogen and oxygen atoms in total. The molecule has 0 fully saturated rings. The number of oxime groups is 1. The van der Waals surface area contributed by atoms with Gasteiger partial charge in [0.25, 0.3) is 0 Å². The predicted molar refractivity (Wildman–Crippen MR) is 83.0 cm³/mol. The SMILES string of the molecule is NC(CCCNc1ccccc1-c1ccccc1)=NO. The molecule has 4 N–H and O–H groups in total. The van der Waals surface area contributed by atoms with Gasteiger partial charge in [0.05, 0.1) is 0 Å². The highest BCUT2D eigenvalue weighted by Gasteiger charge is 2.03. The lowest BCUT2D eigenvalue weighted by Gasteiger charge is -2.12. The fraction of sp³-hybridized carbons (Fsp3) is 0.188. The van der Waals surface area contributed by atoms with Gasteiger partial charge in [0.2, 0.25) is 0 Å². The normalized spacial score (nSPS) is 11.3. The maximum absolute atomic E-state index is 8.49. The van der Waals surface area contributed by atoms with Crippen LogP contribution >= 0.6 is 0 Å². The highest BCUT2D eigenvalue weighted by Crippen LogP contribution is 2.27. The second-order valence-corrected chi connectivity index (χ2v) is 4.53. The highest BCUT2D eigenvalue weighted by molar-refractivity contribution is 5.80. The molecule has 0 amide bonds. The van der Waals surface area contributed by atoms with Gasteiger partial charge in [0.15, 0.2) is 0 Å². The van der Waals surface area contributed by atoms with Crippen molar-refractivity contribution < 1.29 is 5.21 Å². The van der Waals surface area contributed by atoms with Gasteiger partial charge in [-0.25, -0.2) is 0 Å². The van der Waals surface area contributed by atoms with Gasteiger partial charge in [-0.1, -0.05) is 53.7 Å². The van der Waals surface area contributed by atoms with E-state index in [0.29, 0.717) is 6.42 Å². The number of hydrogen-bond donors (Lipinski definition) is 3. The smallest absolute Gasteiger partial charge is 0.139 e. The number of rotatable bonds is 6. The number of nitrogens with zero attached hydrogens (tertiary/aromatic N) is 1. The zero-order valence-corrected chi connectivity index (χ0v) is 11.3. The van der Waals surface area contributed by atoms with Gasteiger partial charge in [0, 0.05) is 24.2 Å². The number of nitrogens with one attached hydrogen (secondary N) is 1. The largest absolute Gasteiger partial charge is 0.409 e. The van der Waals surface area contributed by atoms with Crippen LogP contribution in [0.3, 0.4) is 0 Å². The molecule has 0 radical (unpaired) electrons. The Bertz CT molecular complexity index is 567. The van der Waals surface area contributed by atoms with E-state index in [4.69, 9.17) is 10.9 Å². The number of anilines is 1. The van der Waals surface area contributed by atoms with Crippen LogP contribution in [0.1, 0.15) is 12.8 Å². The molecule has 0 aliphatic heterocycles. The molecular weight excluding hydrogens is 250 g/mol. The third-order valence-corrected chi connectivity index (χ3v) is 3.07. The van der Waals surface area contributed by atoms with Crippen LogP contribution < -0.4 is 11.1 Å². The van der Waals surface area contributed by atoms with Crippen molar-refractivity contribution in [3.63, 3.8) is 0 Å². The molecule has 0 unspecified atom stereocenters. The summed E-state index contributed by atoms with van der Waals surface area (Å²) in [5.74, 6) is 0.267. The fourth-order valence-corrected chi connectivity index (χ4v) is 2.05. The van der Waals surface area contributed by atoms with Gasteiger partial charge in [-0.3, -0.25) is 0 Å². The quantitative estimate of drug-likeness (QED) is 0.248. The summed E-state index contributed by atoms with van der Waals surface area (Å²) < 4.78 is 0. The molecule has 0 aliphatic carbocycles. The van der Waals surface area contributed by atoms with Gasteiger partial charge in [-0.15, -0.1) is 0 Å². The second kappa shape index (κ2) is 7.19. The van der Waals surface area contributed by atoms with Crippen molar-refractivity contribution in [2.45, 2.75) is 12.8 Å². The van der Waals surface area contributed by atoms with E-state index in [1.54, 1.807) is 0 Å². The minimum absolute atomic E-state index is 0.267. The average Bonchev–Trinajstić information content (AvgIpc) is 2.52. The molecule has 0 bridgehead atoms. The van der Waals surface area contributed by atoms with Gasteiger partial charge < -0.3 is 16.3 Å². The lowest BCUT2D eigenvalue weighted by Crippen LogP contribution is -2.13. The molecule has 4 heteroatoms. The number of benzene rings is 2. The Morgan fingerprint density at radius 3 is 2.50 bits per heavy atom. The Balaban J connectivity index is 2.02. The highest BCUT2D eigenvalue weighted by atomic mass is 16.4. The zero-order chi connectivity index (χ0) is 14.2. The Kier molecular flexibility index (Phi) is 5.00. The van der Waals surface area contributed by atoms with Gasteiger partial charge in [-0.2, -0.15) is 0 Å². The summed E-state index contributed by atoms with van der Waals surface area (Å²) in [4.78, 5) is 0. The summed E-state index contributed by atoms with van der Waals surface area (Å²) >= 11 is 0. The number of amidine groups is 1. The van der Waals surface area contributed by atoms with E-state index in [2.05, 4.69) is 34.7 Å².